The zero-order valence-electron chi connectivity index (χ0n) is 14.9. The fourth-order valence-corrected chi connectivity index (χ4v) is 3.28. The molecule has 0 bridgehead atoms. The van der Waals surface area contributed by atoms with Crippen LogP contribution in [0.25, 0.3) is 22.0 Å². The number of alkyl halides is 3. The summed E-state index contributed by atoms with van der Waals surface area (Å²) in [5, 5.41) is 28.6. The number of carboxylic acids is 1. The molecule has 0 aliphatic carbocycles. The summed E-state index contributed by atoms with van der Waals surface area (Å²) < 4.78 is 41.9. The van der Waals surface area contributed by atoms with Gasteiger partial charge in [0.25, 0.3) is 0 Å². The number of benzene rings is 2. The van der Waals surface area contributed by atoms with Crippen LogP contribution in [0.1, 0.15) is 41.5 Å². The molecule has 3 aromatic rings. The summed E-state index contributed by atoms with van der Waals surface area (Å²) in [7, 11) is 0. The van der Waals surface area contributed by atoms with E-state index in [1.54, 1.807) is 13.8 Å². The van der Waals surface area contributed by atoms with E-state index in [0.29, 0.717) is 11.1 Å². The van der Waals surface area contributed by atoms with Gasteiger partial charge in [0.15, 0.2) is 0 Å². The molecule has 0 unspecified atom stereocenters. The van der Waals surface area contributed by atoms with Gasteiger partial charge in [-0.05, 0) is 55.3 Å². The van der Waals surface area contributed by atoms with Crippen LogP contribution in [0.3, 0.4) is 0 Å². The summed E-state index contributed by atoms with van der Waals surface area (Å²) in [6.07, 6.45) is -4.59. The van der Waals surface area contributed by atoms with Gasteiger partial charge in [-0.3, -0.25) is 0 Å². The molecule has 0 saturated heterocycles. The third-order valence-corrected chi connectivity index (χ3v) is 4.43. The zero-order valence-corrected chi connectivity index (χ0v) is 14.9. The number of nitrogens with zero attached hydrogens (tertiary/aromatic N) is 2. The molecule has 0 fully saturated rings. The minimum atomic E-state index is -4.59. The molecule has 1 heterocycles. The number of hydrogen-bond acceptors (Lipinski definition) is 3. The van der Waals surface area contributed by atoms with Crippen molar-refractivity contribution in [3.05, 3.63) is 53.2 Å². The minimum Gasteiger partial charge on any atom is -0.507 e. The number of halogens is 3. The second kappa shape index (κ2) is 6.60. The van der Waals surface area contributed by atoms with Gasteiger partial charge < -0.3 is 14.8 Å². The first-order valence-electron chi connectivity index (χ1n) is 8.27. The van der Waals surface area contributed by atoms with Gasteiger partial charge in [-0.2, -0.15) is 18.4 Å². The first kappa shape index (κ1) is 19.3. The highest BCUT2D eigenvalue weighted by Crippen LogP contribution is 2.40. The van der Waals surface area contributed by atoms with Crippen LogP contribution in [-0.4, -0.2) is 20.7 Å². The largest absolute Gasteiger partial charge is 0.507 e. The first-order valence-corrected chi connectivity index (χ1v) is 8.27. The molecule has 2 aromatic carbocycles. The monoisotopic (exact) mass is 388 g/mol. The van der Waals surface area contributed by atoms with Gasteiger partial charge in [0.05, 0.1) is 17.1 Å². The van der Waals surface area contributed by atoms with Gasteiger partial charge in [-0.15, -0.1) is 0 Å². The predicted octanol–water partition coefficient (Wildman–Crippen LogP) is 5.18. The molecule has 144 valence electrons. The Morgan fingerprint density at radius 3 is 2.36 bits per heavy atom. The van der Waals surface area contributed by atoms with Gasteiger partial charge in [0.2, 0.25) is 0 Å². The molecule has 0 radical (unpaired) electrons. The number of carbonyl (C=O) groups is 1. The molecular weight excluding hydrogens is 373 g/mol. The molecule has 0 amide bonds. The van der Waals surface area contributed by atoms with Crippen LogP contribution < -0.4 is 0 Å². The minimum absolute atomic E-state index is 0.151. The van der Waals surface area contributed by atoms with E-state index < -0.39 is 29.6 Å². The number of rotatable bonds is 3. The summed E-state index contributed by atoms with van der Waals surface area (Å²) in [6.45, 7) is 3.22. The standard InChI is InChI=1S/C20H15F3N2O3/c1-10(2)25-16-6-11(9-24)5-14(15(16)8-18(25)20(21,22)23)12-3-4-13(19(27)28)17(26)7-12/h3-8,10,26H,1-2H3,(H,27,28). The number of carboxylic acid groups (broad SMARTS) is 1. The van der Waals surface area contributed by atoms with Gasteiger partial charge >= 0.3 is 12.1 Å². The number of aromatic carboxylic acids is 1. The summed E-state index contributed by atoms with van der Waals surface area (Å²) >= 11 is 0. The Hall–Kier alpha value is -3.47. The van der Waals surface area contributed by atoms with Crippen molar-refractivity contribution in [2.24, 2.45) is 0 Å². The van der Waals surface area contributed by atoms with E-state index in [4.69, 9.17) is 5.11 Å². The number of fused-ring (bicyclic) bond motifs is 1. The maximum absolute atomic E-state index is 13.6. The highest BCUT2D eigenvalue weighted by molar-refractivity contribution is 5.99. The van der Waals surface area contributed by atoms with E-state index >= 15 is 0 Å². The Morgan fingerprint density at radius 2 is 1.86 bits per heavy atom. The third-order valence-electron chi connectivity index (χ3n) is 4.43. The Bertz CT molecular complexity index is 1140. The van der Waals surface area contributed by atoms with E-state index in [1.165, 1.54) is 30.3 Å². The molecule has 0 aliphatic rings. The lowest BCUT2D eigenvalue weighted by Crippen LogP contribution is -2.14. The highest BCUT2D eigenvalue weighted by Gasteiger charge is 2.36. The van der Waals surface area contributed by atoms with Crippen molar-refractivity contribution >= 4 is 16.9 Å². The Kier molecular flexibility index (Phi) is 4.55. The lowest BCUT2D eigenvalue weighted by molar-refractivity contribution is -0.143. The topological polar surface area (TPSA) is 86.2 Å². The van der Waals surface area contributed by atoms with Crippen molar-refractivity contribution in [1.29, 1.82) is 5.26 Å². The molecule has 0 saturated carbocycles. The zero-order chi connectivity index (χ0) is 20.8. The predicted molar refractivity (Wildman–Crippen MR) is 96.1 cm³/mol. The van der Waals surface area contributed by atoms with E-state index in [9.17, 15) is 28.3 Å². The molecule has 1 aromatic heterocycles. The van der Waals surface area contributed by atoms with Gasteiger partial charge in [-0.1, -0.05) is 6.07 Å². The second-order valence-electron chi connectivity index (χ2n) is 6.60. The van der Waals surface area contributed by atoms with E-state index in [2.05, 4.69) is 0 Å². The van der Waals surface area contributed by atoms with Crippen molar-refractivity contribution in [2.45, 2.75) is 26.1 Å². The maximum atomic E-state index is 13.6. The van der Waals surface area contributed by atoms with Crippen LogP contribution in [-0.2, 0) is 6.18 Å². The van der Waals surface area contributed by atoms with Crippen LogP contribution >= 0.6 is 0 Å². The van der Waals surface area contributed by atoms with Crippen LogP contribution in [0.4, 0.5) is 13.2 Å². The Labute approximate surface area is 157 Å². The number of phenols is 1. The van der Waals surface area contributed by atoms with Gasteiger partial charge in [0, 0.05) is 11.4 Å². The van der Waals surface area contributed by atoms with Crippen molar-refractivity contribution in [3.8, 4) is 22.9 Å². The van der Waals surface area contributed by atoms with Crippen LogP contribution in [0, 0.1) is 11.3 Å². The van der Waals surface area contributed by atoms with Crippen molar-refractivity contribution in [2.75, 3.05) is 0 Å². The Balaban J connectivity index is 2.39. The van der Waals surface area contributed by atoms with Crippen molar-refractivity contribution in [1.82, 2.24) is 4.57 Å². The normalized spacial score (nSPS) is 11.8. The number of hydrogen-bond donors (Lipinski definition) is 2. The molecule has 0 atom stereocenters. The molecule has 2 N–H and O–H groups in total. The average molecular weight is 388 g/mol. The number of aromatic hydroxyl groups is 1. The van der Waals surface area contributed by atoms with E-state index in [0.717, 1.165) is 10.6 Å². The number of nitriles is 1. The second-order valence-corrected chi connectivity index (χ2v) is 6.60. The number of aromatic nitrogens is 1. The molecule has 3 rings (SSSR count). The summed E-state index contributed by atoms with van der Waals surface area (Å²) in [5.41, 5.74) is -0.186. The maximum Gasteiger partial charge on any atom is 0.431 e. The molecule has 0 spiro atoms. The Morgan fingerprint density at radius 1 is 1.18 bits per heavy atom. The molecule has 8 heteroatoms. The molecule has 28 heavy (non-hydrogen) atoms. The smallest absolute Gasteiger partial charge is 0.431 e. The van der Waals surface area contributed by atoms with Gasteiger partial charge in [0.1, 0.15) is 17.0 Å². The van der Waals surface area contributed by atoms with Crippen LogP contribution in [0.15, 0.2) is 36.4 Å². The SMILES string of the molecule is CC(C)n1c(C(F)(F)F)cc2c(-c3ccc(C(=O)O)c(O)c3)cc(C#N)cc21. The quantitative estimate of drug-likeness (QED) is 0.647. The van der Waals surface area contributed by atoms with Crippen molar-refractivity contribution < 1.29 is 28.2 Å². The highest BCUT2D eigenvalue weighted by atomic mass is 19.4. The van der Waals surface area contributed by atoms with Crippen LogP contribution in [0.2, 0.25) is 0 Å². The average Bonchev–Trinajstić information content (AvgIpc) is 3.00. The van der Waals surface area contributed by atoms with Gasteiger partial charge in [-0.25, -0.2) is 4.79 Å². The van der Waals surface area contributed by atoms with Crippen LogP contribution in [0.5, 0.6) is 5.75 Å². The summed E-state index contributed by atoms with van der Waals surface area (Å²) in [4.78, 5) is 11.1. The third kappa shape index (κ3) is 3.16. The lowest BCUT2D eigenvalue weighted by Gasteiger charge is -2.16. The molecule has 5 nitrogen and oxygen atoms in total. The fraction of sp³-hybridized carbons (Fsp3) is 0.200. The summed E-state index contributed by atoms with van der Waals surface area (Å²) in [5.74, 6) is -1.84. The van der Waals surface area contributed by atoms with E-state index in [1.807, 2.05) is 6.07 Å². The molecule has 0 aliphatic heterocycles. The van der Waals surface area contributed by atoms with Crippen molar-refractivity contribution in [3.63, 3.8) is 0 Å². The lowest BCUT2D eigenvalue weighted by atomic mass is 9.97. The molecular formula is C20H15F3N2O3. The summed E-state index contributed by atoms with van der Waals surface area (Å²) in [6, 6.07) is 8.96. The fourth-order valence-electron chi connectivity index (χ4n) is 3.28. The van der Waals surface area contributed by atoms with E-state index in [-0.39, 0.29) is 22.0 Å². The first-order chi connectivity index (χ1) is 13.0.